The first-order valence-corrected chi connectivity index (χ1v) is 9.24. The lowest BCUT2D eigenvalue weighted by molar-refractivity contribution is 0.126. The highest BCUT2D eigenvalue weighted by Crippen LogP contribution is 2.24. The van der Waals surface area contributed by atoms with Crippen molar-refractivity contribution in [2.45, 2.75) is 37.8 Å². The van der Waals surface area contributed by atoms with Crippen molar-refractivity contribution in [2.75, 3.05) is 5.32 Å². The summed E-state index contributed by atoms with van der Waals surface area (Å²) in [4.78, 5) is 21.5. The molecule has 0 bridgehead atoms. The summed E-state index contributed by atoms with van der Waals surface area (Å²) >= 11 is 0. The van der Waals surface area contributed by atoms with E-state index in [1.165, 1.54) is 28.8 Å². The lowest BCUT2D eigenvalue weighted by Crippen LogP contribution is -2.29. The molecule has 1 aromatic carbocycles. The molecule has 1 aliphatic rings. The molecule has 28 heavy (non-hydrogen) atoms. The monoisotopic (exact) mass is 384 g/mol. The molecule has 3 aromatic rings. The molecule has 0 atom stereocenters. The van der Waals surface area contributed by atoms with Gasteiger partial charge in [-0.05, 0) is 56.0 Å². The number of hydrogen-bond acceptors (Lipinski definition) is 6. The summed E-state index contributed by atoms with van der Waals surface area (Å²) in [6.07, 6.45) is 4.63. The Hall–Kier alpha value is -3.00. The molecule has 2 N–H and O–H groups in total. The summed E-state index contributed by atoms with van der Waals surface area (Å²) in [6.45, 7) is 0. The van der Waals surface area contributed by atoms with Gasteiger partial charge in [0, 0.05) is 24.7 Å². The number of pyridine rings is 1. The third-order valence-electron chi connectivity index (χ3n) is 4.99. The second-order valence-corrected chi connectivity index (χ2v) is 7.05. The van der Waals surface area contributed by atoms with Gasteiger partial charge in [0.05, 0.1) is 6.10 Å². The number of aryl methyl sites for hydroxylation is 1. The van der Waals surface area contributed by atoms with E-state index >= 15 is 0 Å². The molecule has 2 aromatic heterocycles. The number of ether oxygens (including phenoxy) is 1. The molecule has 1 aliphatic carbocycles. The molecule has 1 fully saturated rings. The fraction of sp³-hybridized carbons (Fsp3) is 0.350. The fourth-order valence-electron chi connectivity index (χ4n) is 3.39. The Morgan fingerprint density at radius 2 is 1.93 bits per heavy atom. The predicted molar refractivity (Wildman–Crippen MR) is 103 cm³/mol. The van der Waals surface area contributed by atoms with Gasteiger partial charge >= 0.3 is 0 Å². The van der Waals surface area contributed by atoms with Gasteiger partial charge in [0.15, 0.2) is 5.75 Å². The Morgan fingerprint density at radius 3 is 2.64 bits per heavy atom. The minimum absolute atomic E-state index is 0.118. The number of anilines is 1. The predicted octanol–water partition coefficient (Wildman–Crippen LogP) is 2.98. The van der Waals surface area contributed by atoms with E-state index in [4.69, 9.17) is 4.74 Å². The fourth-order valence-corrected chi connectivity index (χ4v) is 3.39. The number of aliphatic hydroxyl groups excluding tert-OH is 1. The van der Waals surface area contributed by atoms with Gasteiger partial charge in [-0.15, -0.1) is 0 Å². The van der Waals surface area contributed by atoms with E-state index in [1.807, 2.05) is 0 Å². The second-order valence-electron chi connectivity index (χ2n) is 7.05. The largest absolute Gasteiger partial charge is 0.452 e. The zero-order valence-electron chi connectivity index (χ0n) is 15.4. The number of benzene rings is 1. The van der Waals surface area contributed by atoms with Crippen molar-refractivity contribution in [1.82, 2.24) is 14.5 Å². The number of halogens is 1. The maximum Gasteiger partial charge on any atom is 0.294 e. The first-order valence-electron chi connectivity index (χ1n) is 9.24. The number of rotatable bonds is 4. The van der Waals surface area contributed by atoms with Gasteiger partial charge in [-0.3, -0.25) is 9.36 Å². The number of nitrogens with zero attached hydrogens (tertiary/aromatic N) is 3. The average molecular weight is 384 g/mol. The van der Waals surface area contributed by atoms with Crippen LogP contribution >= 0.6 is 0 Å². The number of aliphatic hydroxyl groups is 1. The summed E-state index contributed by atoms with van der Waals surface area (Å²) < 4.78 is 20.1. The van der Waals surface area contributed by atoms with Crippen LogP contribution in [0.15, 0.2) is 41.3 Å². The zero-order chi connectivity index (χ0) is 19.7. The van der Waals surface area contributed by atoms with Crippen molar-refractivity contribution < 1.29 is 14.2 Å². The summed E-state index contributed by atoms with van der Waals surface area (Å²) in [5.41, 5.74) is 0.145. The number of aromatic nitrogens is 3. The Balaban J connectivity index is 1.60. The summed E-state index contributed by atoms with van der Waals surface area (Å²) in [5, 5.41) is 13.6. The minimum atomic E-state index is -0.375. The van der Waals surface area contributed by atoms with Crippen LogP contribution in [0.2, 0.25) is 0 Å². The smallest absolute Gasteiger partial charge is 0.294 e. The molecular weight excluding hydrogens is 363 g/mol. The molecule has 146 valence electrons. The molecule has 2 heterocycles. The van der Waals surface area contributed by atoms with Gasteiger partial charge in [0.25, 0.3) is 5.56 Å². The third-order valence-corrected chi connectivity index (χ3v) is 4.99. The van der Waals surface area contributed by atoms with Crippen molar-refractivity contribution in [3.63, 3.8) is 0 Å². The lowest BCUT2D eigenvalue weighted by atomic mass is 9.93. The van der Waals surface area contributed by atoms with Crippen LogP contribution in [-0.2, 0) is 7.05 Å². The summed E-state index contributed by atoms with van der Waals surface area (Å²) in [7, 11) is 1.62. The second kappa shape index (κ2) is 7.55. The van der Waals surface area contributed by atoms with Crippen LogP contribution in [-0.4, -0.2) is 31.8 Å². The van der Waals surface area contributed by atoms with Crippen molar-refractivity contribution >= 4 is 17.0 Å². The molecular formula is C20H21FN4O3. The van der Waals surface area contributed by atoms with Crippen molar-refractivity contribution in [1.29, 1.82) is 0 Å². The minimum Gasteiger partial charge on any atom is -0.452 e. The maximum atomic E-state index is 13.0. The van der Waals surface area contributed by atoms with E-state index in [0.717, 1.165) is 25.7 Å². The van der Waals surface area contributed by atoms with Crippen molar-refractivity contribution in [2.24, 2.45) is 7.05 Å². The van der Waals surface area contributed by atoms with Crippen LogP contribution in [0.5, 0.6) is 11.5 Å². The highest BCUT2D eigenvalue weighted by atomic mass is 19.1. The molecule has 0 unspecified atom stereocenters. The maximum absolute atomic E-state index is 13.0. The van der Waals surface area contributed by atoms with E-state index in [0.29, 0.717) is 22.7 Å². The molecule has 0 amide bonds. The molecule has 7 nitrogen and oxygen atoms in total. The van der Waals surface area contributed by atoms with E-state index in [9.17, 15) is 14.3 Å². The number of fused-ring (bicyclic) bond motifs is 1. The van der Waals surface area contributed by atoms with Crippen LogP contribution in [0.4, 0.5) is 10.3 Å². The van der Waals surface area contributed by atoms with E-state index in [2.05, 4.69) is 15.3 Å². The van der Waals surface area contributed by atoms with Gasteiger partial charge in [-0.1, -0.05) is 0 Å². The zero-order valence-corrected chi connectivity index (χ0v) is 15.4. The Labute approximate surface area is 160 Å². The molecule has 8 heteroatoms. The van der Waals surface area contributed by atoms with Gasteiger partial charge in [-0.25, -0.2) is 9.37 Å². The highest BCUT2D eigenvalue weighted by molar-refractivity contribution is 5.76. The van der Waals surface area contributed by atoms with E-state index in [1.54, 1.807) is 19.3 Å². The normalized spacial score (nSPS) is 19.5. The average Bonchev–Trinajstić information content (AvgIpc) is 2.70. The van der Waals surface area contributed by atoms with Gasteiger partial charge in [-0.2, -0.15) is 4.98 Å². The molecule has 0 aliphatic heterocycles. The lowest BCUT2D eigenvalue weighted by Gasteiger charge is -2.26. The molecule has 0 saturated heterocycles. The third kappa shape index (κ3) is 3.82. The number of hydrogen-bond donors (Lipinski definition) is 2. The van der Waals surface area contributed by atoms with Crippen molar-refractivity contribution in [3.05, 3.63) is 52.7 Å². The molecule has 0 radical (unpaired) electrons. The number of nitrogens with one attached hydrogen (secondary N) is 1. The van der Waals surface area contributed by atoms with Crippen LogP contribution < -0.4 is 15.6 Å². The Kier molecular flexibility index (Phi) is 4.95. The Bertz CT molecular complexity index is 1040. The Morgan fingerprint density at radius 1 is 1.21 bits per heavy atom. The quantitative estimate of drug-likeness (QED) is 0.719. The highest BCUT2D eigenvalue weighted by Gasteiger charge is 2.20. The van der Waals surface area contributed by atoms with Gasteiger partial charge in [0.1, 0.15) is 17.2 Å². The summed E-state index contributed by atoms with van der Waals surface area (Å²) in [6, 6.07) is 7.26. The van der Waals surface area contributed by atoms with Gasteiger partial charge in [0.2, 0.25) is 5.95 Å². The van der Waals surface area contributed by atoms with Crippen LogP contribution in [0.1, 0.15) is 25.7 Å². The van der Waals surface area contributed by atoms with E-state index < -0.39 is 0 Å². The topological polar surface area (TPSA) is 89.3 Å². The van der Waals surface area contributed by atoms with Crippen LogP contribution in [0, 0.1) is 5.82 Å². The van der Waals surface area contributed by atoms with Gasteiger partial charge < -0.3 is 15.2 Å². The van der Waals surface area contributed by atoms with Crippen molar-refractivity contribution in [3.8, 4) is 11.5 Å². The van der Waals surface area contributed by atoms with Crippen LogP contribution in [0.25, 0.3) is 11.0 Å². The van der Waals surface area contributed by atoms with E-state index in [-0.39, 0.29) is 29.3 Å². The standard InChI is InChI=1S/C20H21FN4O3/c1-25-18-12(10-17(19(25)27)28-16-8-2-13(21)3-9-16)11-22-20(24-18)23-14-4-6-15(26)7-5-14/h2-3,8-11,14-15,26H,4-7H2,1H3,(H,22,23,24)/t14-,15-. The summed E-state index contributed by atoms with van der Waals surface area (Å²) in [5.74, 6) is 0.569. The first kappa shape index (κ1) is 18.4. The SMILES string of the molecule is Cn1c(=O)c(Oc2ccc(F)cc2)cc2cnc(N[C@H]3CC[C@H](O)CC3)nc21. The first-order chi connectivity index (χ1) is 13.5. The van der Waals surface area contributed by atoms with Crippen LogP contribution in [0.3, 0.4) is 0 Å². The molecule has 1 saturated carbocycles. The molecule has 0 spiro atoms. The molecule has 4 rings (SSSR count).